The largest absolute Gasteiger partial charge is 0.497 e. The van der Waals surface area contributed by atoms with Crippen molar-refractivity contribution in [3.8, 4) is 5.75 Å². The van der Waals surface area contributed by atoms with Crippen molar-refractivity contribution in [2.45, 2.75) is 25.1 Å². The van der Waals surface area contributed by atoms with Gasteiger partial charge in [0.15, 0.2) is 0 Å². The van der Waals surface area contributed by atoms with Gasteiger partial charge < -0.3 is 14.8 Å². The molecule has 0 saturated heterocycles. The van der Waals surface area contributed by atoms with E-state index in [9.17, 15) is 13.2 Å². The van der Waals surface area contributed by atoms with Crippen LogP contribution in [0.2, 0.25) is 0 Å². The van der Waals surface area contributed by atoms with Crippen LogP contribution >= 0.6 is 0 Å². The second-order valence-corrected chi connectivity index (χ2v) is 4.95. The molecular weight excluding hydrogens is 271 g/mol. The molecule has 1 aromatic rings. The summed E-state index contributed by atoms with van der Waals surface area (Å²) in [5.41, 5.74) is -0.633. The van der Waals surface area contributed by atoms with Gasteiger partial charge in [0.25, 0.3) is 0 Å². The Labute approximate surface area is 116 Å². The third kappa shape index (κ3) is 3.56. The first-order chi connectivity index (χ1) is 9.45. The van der Waals surface area contributed by atoms with Crippen molar-refractivity contribution in [3.05, 3.63) is 23.8 Å². The van der Waals surface area contributed by atoms with E-state index in [4.69, 9.17) is 9.47 Å². The van der Waals surface area contributed by atoms with Gasteiger partial charge in [-0.3, -0.25) is 0 Å². The summed E-state index contributed by atoms with van der Waals surface area (Å²) < 4.78 is 49.2. The van der Waals surface area contributed by atoms with Gasteiger partial charge in [-0.25, -0.2) is 0 Å². The van der Waals surface area contributed by atoms with E-state index < -0.39 is 11.7 Å². The fourth-order valence-corrected chi connectivity index (χ4v) is 2.18. The van der Waals surface area contributed by atoms with Crippen LogP contribution in [0.3, 0.4) is 0 Å². The highest BCUT2D eigenvalue weighted by Crippen LogP contribution is 2.40. The molecule has 1 aromatic carbocycles. The monoisotopic (exact) mass is 289 g/mol. The van der Waals surface area contributed by atoms with Crippen molar-refractivity contribution >= 4 is 5.69 Å². The van der Waals surface area contributed by atoms with Crippen molar-refractivity contribution in [2.75, 3.05) is 26.1 Å². The maximum atomic E-state index is 13.1. The minimum Gasteiger partial charge on any atom is -0.497 e. The highest BCUT2D eigenvalue weighted by molar-refractivity contribution is 5.56. The van der Waals surface area contributed by atoms with Crippen molar-refractivity contribution in [3.63, 3.8) is 0 Å². The third-order valence-corrected chi connectivity index (χ3v) is 3.41. The minimum atomic E-state index is -4.42. The summed E-state index contributed by atoms with van der Waals surface area (Å²) in [6, 6.07) is 3.86. The molecule has 20 heavy (non-hydrogen) atoms. The number of rotatable bonds is 6. The van der Waals surface area contributed by atoms with Gasteiger partial charge in [-0.2, -0.15) is 13.2 Å². The summed E-state index contributed by atoms with van der Waals surface area (Å²) in [5.74, 6) is 0.579. The number of methoxy groups -OCH3 is 2. The molecule has 0 radical (unpaired) electrons. The predicted octanol–water partition coefficient (Wildman–Crippen LogP) is 3.55. The number of alkyl halides is 3. The molecular formula is C14H18F3NO2. The third-order valence-electron chi connectivity index (χ3n) is 3.41. The van der Waals surface area contributed by atoms with Crippen LogP contribution in [-0.4, -0.2) is 26.9 Å². The number of hydrogen-bond donors (Lipinski definition) is 1. The van der Waals surface area contributed by atoms with Gasteiger partial charge in [-0.1, -0.05) is 0 Å². The van der Waals surface area contributed by atoms with E-state index in [0.29, 0.717) is 12.5 Å². The van der Waals surface area contributed by atoms with Crippen LogP contribution in [0, 0.1) is 5.92 Å². The van der Waals surface area contributed by atoms with Crippen molar-refractivity contribution in [1.82, 2.24) is 0 Å². The van der Waals surface area contributed by atoms with Gasteiger partial charge in [0, 0.05) is 12.8 Å². The normalized spacial score (nSPS) is 16.9. The lowest BCUT2D eigenvalue weighted by Gasteiger charge is -2.22. The fraction of sp³-hybridized carbons (Fsp3) is 0.571. The molecule has 1 aliphatic carbocycles. The Morgan fingerprint density at radius 3 is 2.50 bits per heavy atom. The lowest BCUT2D eigenvalue weighted by Crippen LogP contribution is -2.28. The van der Waals surface area contributed by atoms with Gasteiger partial charge in [-0.05, 0) is 37.0 Å². The Bertz CT molecular complexity index is 458. The zero-order valence-corrected chi connectivity index (χ0v) is 11.5. The van der Waals surface area contributed by atoms with E-state index in [1.165, 1.54) is 19.2 Å². The molecule has 0 bridgehead atoms. The Kier molecular flexibility index (Phi) is 4.42. The molecule has 112 valence electrons. The molecule has 1 unspecified atom stereocenters. The van der Waals surface area contributed by atoms with E-state index >= 15 is 0 Å². The topological polar surface area (TPSA) is 30.5 Å². The number of ether oxygens (including phenoxy) is 2. The Morgan fingerprint density at radius 2 is 2.00 bits per heavy atom. The van der Waals surface area contributed by atoms with Crippen molar-refractivity contribution < 1.29 is 22.6 Å². The lowest BCUT2D eigenvalue weighted by atomic mass is 10.1. The van der Waals surface area contributed by atoms with Gasteiger partial charge in [0.1, 0.15) is 5.75 Å². The molecule has 0 heterocycles. The number of hydrogen-bond acceptors (Lipinski definition) is 3. The van der Waals surface area contributed by atoms with Crippen molar-refractivity contribution in [1.29, 1.82) is 0 Å². The Balaban J connectivity index is 2.25. The highest BCUT2D eigenvalue weighted by Gasteiger charge is 2.36. The van der Waals surface area contributed by atoms with Crippen LogP contribution < -0.4 is 10.1 Å². The first kappa shape index (κ1) is 15.0. The first-order valence-electron chi connectivity index (χ1n) is 6.46. The molecule has 0 aromatic heterocycles. The van der Waals surface area contributed by atoms with Crippen LogP contribution in [0.1, 0.15) is 18.4 Å². The van der Waals surface area contributed by atoms with E-state index in [1.807, 2.05) is 0 Å². The molecule has 3 nitrogen and oxygen atoms in total. The molecule has 1 atom stereocenters. The average Bonchev–Trinajstić information content (AvgIpc) is 3.21. The molecule has 1 saturated carbocycles. The van der Waals surface area contributed by atoms with Gasteiger partial charge in [0.05, 0.1) is 25.3 Å². The summed E-state index contributed by atoms with van der Waals surface area (Å²) in [6.07, 6.45) is -2.37. The summed E-state index contributed by atoms with van der Waals surface area (Å²) in [4.78, 5) is 0. The van der Waals surface area contributed by atoms with Crippen LogP contribution in [0.25, 0.3) is 0 Å². The minimum absolute atomic E-state index is 0.0762. The molecule has 6 heteroatoms. The summed E-state index contributed by atoms with van der Waals surface area (Å²) in [5, 5.41) is 2.97. The van der Waals surface area contributed by atoms with Crippen molar-refractivity contribution in [2.24, 2.45) is 5.92 Å². The van der Waals surface area contributed by atoms with E-state index in [0.717, 1.165) is 18.9 Å². The molecule has 1 N–H and O–H groups in total. The predicted molar refractivity (Wildman–Crippen MR) is 70.0 cm³/mol. The van der Waals surface area contributed by atoms with E-state index in [2.05, 4.69) is 5.32 Å². The number of benzene rings is 1. The number of halogens is 3. The highest BCUT2D eigenvalue weighted by atomic mass is 19.4. The number of anilines is 1. The number of nitrogens with one attached hydrogen (secondary N) is 1. The standard InChI is InChI=1S/C14H18F3NO2/c1-19-8-13(9-3-4-9)18-12-6-5-10(20-2)7-11(12)14(15,16)17/h5-7,9,13,18H,3-4,8H2,1-2H3. The van der Waals surface area contributed by atoms with Gasteiger partial charge in [0.2, 0.25) is 0 Å². The maximum absolute atomic E-state index is 13.1. The van der Waals surface area contributed by atoms with Crippen LogP contribution in [-0.2, 0) is 10.9 Å². The smallest absolute Gasteiger partial charge is 0.418 e. The maximum Gasteiger partial charge on any atom is 0.418 e. The molecule has 0 aliphatic heterocycles. The van der Waals surface area contributed by atoms with E-state index in [-0.39, 0.29) is 17.5 Å². The quantitative estimate of drug-likeness (QED) is 0.868. The summed E-state index contributed by atoms with van der Waals surface area (Å²) in [6.45, 7) is 0.397. The summed E-state index contributed by atoms with van der Waals surface area (Å²) >= 11 is 0. The van der Waals surface area contributed by atoms with Crippen LogP contribution in [0.15, 0.2) is 18.2 Å². The Hall–Kier alpha value is -1.43. The van der Waals surface area contributed by atoms with E-state index in [1.54, 1.807) is 7.11 Å². The van der Waals surface area contributed by atoms with Gasteiger partial charge in [-0.15, -0.1) is 0 Å². The zero-order chi connectivity index (χ0) is 14.8. The molecule has 0 spiro atoms. The average molecular weight is 289 g/mol. The van der Waals surface area contributed by atoms with Crippen LogP contribution in [0.5, 0.6) is 5.75 Å². The van der Waals surface area contributed by atoms with Gasteiger partial charge >= 0.3 is 6.18 Å². The summed E-state index contributed by atoms with van der Waals surface area (Å²) in [7, 11) is 2.90. The SMILES string of the molecule is COCC(Nc1ccc(OC)cc1C(F)(F)F)C1CC1. The Morgan fingerprint density at radius 1 is 1.30 bits per heavy atom. The fourth-order valence-electron chi connectivity index (χ4n) is 2.18. The zero-order valence-electron chi connectivity index (χ0n) is 11.5. The van der Waals surface area contributed by atoms with Crippen LogP contribution in [0.4, 0.5) is 18.9 Å². The molecule has 1 aliphatic rings. The second kappa shape index (κ2) is 5.91. The second-order valence-electron chi connectivity index (χ2n) is 4.95. The molecule has 0 amide bonds. The molecule has 2 rings (SSSR count). The lowest BCUT2D eigenvalue weighted by molar-refractivity contribution is -0.137. The molecule has 1 fully saturated rings. The first-order valence-corrected chi connectivity index (χ1v) is 6.46.